The van der Waals surface area contributed by atoms with Crippen molar-refractivity contribution in [3.63, 3.8) is 0 Å². The number of likely N-dealkylation sites (N-methyl/N-ethyl adjacent to an activating group) is 1. The number of methoxy groups -OCH3 is 1. The van der Waals surface area contributed by atoms with E-state index >= 15 is 0 Å². The summed E-state index contributed by atoms with van der Waals surface area (Å²) in [5, 5.41) is 7.34. The van der Waals surface area contributed by atoms with Crippen LogP contribution in [0.25, 0.3) is 0 Å². The molecule has 1 aliphatic rings. The average molecular weight is 269 g/mol. The van der Waals surface area contributed by atoms with Gasteiger partial charge in [-0.05, 0) is 13.5 Å². The third-order valence-corrected chi connectivity index (χ3v) is 3.89. The Morgan fingerprint density at radius 3 is 2.74 bits per heavy atom. The normalized spacial score (nSPS) is 20.4. The maximum absolute atomic E-state index is 5.66. The molecule has 1 saturated heterocycles. The summed E-state index contributed by atoms with van der Waals surface area (Å²) in [6, 6.07) is 0.362. The molecular formula is C13H23N3O3. The van der Waals surface area contributed by atoms with Crippen LogP contribution in [0.15, 0.2) is 4.52 Å². The van der Waals surface area contributed by atoms with Gasteiger partial charge in [-0.3, -0.25) is 0 Å². The van der Waals surface area contributed by atoms with Crippen LogP contribution >= 0.6 is 0 Å². The fourth-order valence-electron chi connectivity index (χ4n) is 2.40. The highest BCUT2D eigenvalue weighted by Crippen LogP contribution is 2.33. The van der Waals surface area contributed by atoms with E-state index in [0.717, 1.165) is 25.7 Å². The maximum Gasteiger partial charge on any atom is 0.228 e. The van der Waals surface area contributed by atoms with Crippen LogP contribution in [0.2, 0.25) is 0 Å². The van der Waals surface area contributed by atoms with Gasteiger partial charge in [0, 0.05) is 45.6 Å². The van der Waals surface area contributed by atoms with Crippen LogP contribution in [0.3, 0.4) is 0 Å². The molecule has 1 aromatic heterocycles. The Kier molecular flexibility index (Phi) is 4.90. The fraction of sp³-hybridized carbons (Fsp3) is 0.846. The Hall–Kier alpha value is -0.980. The van der Waals surface area contributed by atoms with E-state index < -0.39 is 5.60 Å². The summed E-state index contributed by atoms with van der Waals surface area (Å²) in [6.45, 7) is 3.48. The minimum Gasteiger partial charge on any atom is -0.381 e. The van der Waals surface area contributed by atoms with Gasteiger partial charge >= 0.3 is 0 Å². The molecule has 0 aromatic carbocycles. The summed E-state index contributed by atoms with van der Waals surface area (Å²) in [5.41, 5.74) is -0.443. The van der Waals surface area contributed by atoms with Gasteiger partial charge in [0.05, 0.1) is 0 Å². The first kappa shape index (κ1) is 14.4. The maximum atomic E-state index is 5.66. The van der Waals surface area contributed by atoms with Crippen molar-refractivity contribution in [1.29, 1.82) is 0 Å². The lowest BCUT2D eigenvalue weighted by Gasteiger charge is -2.32. The molecule has 0 amide bonds. The molecule has 1 unspecified atom stereocenters. The van der Waals surface area contributed by atoms with Gasteiger partial charge in [-0.15, -0.1) is 0 Å². The smallest absolute Gasteiger partial charge is 0.228 e. The van der Waals surface area contributed by atoms with Crippen LogP contribution in [0, 0.1) is 0 Å². The van der Waals surface area contributed by atoms with E-state index in [4.69, 9.17) is 14.0 Å². The summed E-state index contributed by atoms with van der Waals surface area (Å²) >= 11 is 0. The van der Waals surface area contributed by atoms with E-state index in [1.54, 1.807) is 7.11 Å². The molecule has 0 saturated carbocycles. The second-order valence-electron chi connectivity index (χ2n) is 4.92. The Morgan fingerprint density at radius 2 is 2.16 bits per heavy atom. The molecule has 1 fully saturated rings. The highest BCUT2D eigenvalue weighted by atomic mass is 16.5. The number of nitrogens with zero attached hydrogens (tertiary/aromatic N) is 2. The first-order valence-corrected chi connectivity index (χ1v) is 6.87. The van der Waals surface area contributed by atoms with Gasteiger partial charge in [-0.25, -0.2) is 0 Å². The van der Waals surface area contributed by atoms with Crippen molar-refractivity contribution in [2.24, 2.45) is 0 Å². The Morgan fingerprint density at radius 1 is 1.42 bits per heavy atom. The first-order chi connectivity index (χ1) is 9.24. The minimum absolute atomic E-state index is 0.362. The number of rotatable bonds is 6. The van der Waals surface area contributed by atoms with Crippen LogP contribution in [-0.2, 0) is 21.5 Å². The van der Waals surface area contributed by atoms with E-state index in [1.807, 2.05) is 7.05 Å². The van der Waals surface area contributed by atoms with Gasteiger partial charge in [0.25, 0.3) is 0 Å². The van der Waals surface area contributed by atoms with Gasteiger partial charge in [0.1, 0.15) is 5.60 Å². The molecule has 1 aliphatic heterocycles. The Labute approximate surface area is 113 Å². The fourth-order valence-corrected chi connectivity index (χ4v) is 2.40. The molecule has 0 spiro atoms. The SMILES string of the molecule is CCC(Cc1nc(C2(OC)CCOCC2)no1)NC. The Bertz CT molecular complexity index is 384. The molecule has 0 radical (unpaired) electrons. The molecule has 2 rings (SSSR count). The molecule has 6 nitrogen and oxygen atoms in total. The average Bonchev–Trinajstić information content (AvgIpc) is 2.94. The molecule has 2 heterocycles. The topological polar surface area (TPSA) is 69.4 Å². The van der Waals surface area contributed by atoms with E-state index in [-0.39, 0.29) is 0 Å². The summed E-state index contributed by atoms with van der Waals surface area (Å²) in [7, 11) is 3.64. The zero-order chi connectivity index (χ0) is 13.7. The number of hydrogen-bond acceptors (Lipinski definition) is 6. The summed E-state index contributed by atoms with van der Waals surface area (Å²) in [5.74, 6) is 1.32. The predicted molar refractivity (Wildman–Crippen MR) is 69.9 cm³/mol. The van der Waals surface area contributed by atoms with E-state index in [2.05, 4.69) is 22.4 Å². The van der Waals surface area contributed by atoms with Crippen LogP contribution < -0.4 is 5.32 Å². The van der Waals surface area contributed by atoms with Crippen LogP contribution in [0.1, 0.15) is 37.9 Å². The molecule has 6 heteroatoms. The van der Waals surface area contributed by atoms with Crippen molar-refractivity contribution in [3.05, 3.63) is 11.7 Å². The molecule has 1 atom stereocenters. The first-order valence-electron chi connectivity index (χ1n) is 6.87. The lowest BCUT2D eigenvalue weighted by Crippen LogP contribution is -2.36. The number of hydrogen-bond donors (Lipinski definition) is 1. The van der Waals surface area contributed by atoms with Crippen molar-refractivity contribution in [3.8, 4) is 0 Å². The molecule has 1 N–H and O–H groups in total. The second-order valence-corrected chi connectivity index (χ2v) is 4.92. The molecule has 108 valence electrons. The molecule has 0 aliphatic carbocycles. The highest BCUT2D eigenvalue weighted by molar-refractivity contribution is 5.03. The third-order valence-electron chi connectivity index (χ3n) is 3.89. The van der Waals surface area contributed by atoms with Gasteiger partial charge in [-0.2, -0.15) is 4.98 Å². The lowest BCUT2D eigenvalue weighted by molar-refractivity contribution is -0.101. The van der Waals surface area contributed by atoms with Gasteiger partial charge in [-0.1, -0.05) is 12.1 Å². The summed E-state index contributed by atoms with van der Waals surface area (Å²) in [4.78, 5) is 4.51. The zero-order valence-corrected chi connectivity index (χ0v) is 11.9. The summed E-state index contributed by atoms with van der Waals surface area (Å²) in [6.07, 6.45) is 3.31. The predicted octanol–water partition coefficient (Wildman–Crippen LogP) is 1.26. The van der Waals surface area contributed by atoms with Crippen molar-refractivity contribution < 1.29 is 14.0 Å². The standard InChI is InChI=1S/C13H23N3O3/c1-4-10(14-2)9-11-15-12(16-19-11)13(17-3)5-7-18-8-6-13/h10,14H,4-9H2,1-3H3. The van der Waals surface area contributed by atoms with Crippen LogP contribution in [-0.4, -0.2) is 43.6 Å². The Balaban J connectivity index is 2.10. The monoisotopic (exact) mass is 269 g/mol. The minimum atomic E-state index is -0.443. The van der Waals surface area contributed by atoms with Gasteiger partial charge in [0.15, 0.2) is 0 Å². The van der Waals surface area contributed by atoms with E-state index in [0.29, 0.717) is 31.0 Å². The highest BCUT2D eigenvalue weighted by Gasteiger charge is 2.39. The second kappa shape index (κ2) is 6.45. The van der Waals surface area contributed by atoms with Crippen molar-refractivity contribution >= 4 is 0 Å². The van der Waals surface area contributed by atoms with Crippen molar-refractivity contribution in [2.75, 3.05) is 27.4 Å². The third kappa shape index (κ3) is 3.13. The molecule has 19 heavy (non-hydrogen) atoms. The quantitative estimate of drug-likeness (QED) is 0.838. The molecule has 0 bridgehead atoms. The largest absolute Gasteiger partial charge is 0.381 e. The number of aromatic nitrogens is 2. The zero-order valence-electron chi connectivity index (χ0n) is 11.9. The molecular weight excluding hydrogens is 246 g/mol. The van der Waals surface area contributed by atoms with Gasteiger partial charge < -0.3 is 19.3 Å². The number of ether oxygens (including phenoxy) is 2. The van der Waals surface area contributed by atoms with E-state index in [1.165, 1.54) is 0 Å². The van der Waals surface area contributed by atoms with Crippen LogP contribution in [0.5, 0.6) is 0 Å². The molecule has 1 aromatic rings. The lowest BCUT2D eigenvalue weighted by atomic mass is 9.93. The summed E-state index contributed by atoms with van der Waals surface area (Å²) < 4.78 is 16.4. The van der Waals surface area contributed by atoms with Gasteiger partial charge in [0.2, 0.25) is 11.7 Å². The van der Waals surface area contributed by atoms with Crippen molar-refractivity contribution in [1.82, 2.24) is 15.5 Å². The van der Waals surface area contributed by atoms with E-state index in [9.17, 15) is 0 Å². The number of nitrogens with one attached hydrogen (secondary N) is 1. The van der Waals surface area contributed by atoms with Crippen molar-refractivity contribution in [2.45, 2.75) is 44.2 Å². The van der Waals surface area contributed by atoms with Crippen LogP contribution in [0.4, 0.5) is 0 Å².